The highest BCUT2D eigenvalue weighted by molar-refractivity contribution is 7.91. The molecule has 4 nitrogen and oxygen atoms in total. The lowest BCUT2D eigenvalue weighted by atomic mass is 9.85. The average molecular weight is 260 g/mol. The third kappa shape index (κ3) is 3.01. The molecule has 0 aromatic carbocycles. The molecule has 1 heterocycles. The van der Waals surface area contributed by atoms with Crippen LogP contribution in [0.25, 0.3) is 0 Å². The molecule has 1 saturated carbocycles. The van der Waals surface area contributed by atoms with E-state index in [2.05, 4.69) is 11.9 Å². The van der Waals surface area contributed by atoms with Crippen molar-refractivity contribution in [3.05, 3.63) is 0 Å². The van der Waals surface area contributed by atoms with Gasteiger partial charge < -0.3 is 10.6 Å². The Morgan fingerprint density at radius 1 is 1.35 bits per heavy atom. The second-order valence-corrected chi connectivity index (χ2v) is 8.11. The topological polar surface area (TPSA) is 63.4 Å². The van der Waals surface area contributed by atoms with Crippen LogP contribution in [0.4, 0.5) is 0 Å². The maximum atomic E-state index is 11.5. The Bertz CT molecular complexity index is 361. The van der Waals surface area contributed by atoms with Crippen molar-refractivity contribution < 1.29 is 8.42 Å². The summed E-state index contributed by atoms with van der Waals surface area (Å²) >= 11 is 0. The Labute approximate surface area is 104 Å². The van der Waals surface area contributed by atoms with Gasteiger partial charge in [0.2, 0.25) is 0 Å². The zero-order chi connectivity index (χ0) is 12.5. The first-order chi connectivity index (χ1) is 7.96. The van der Waals surface area contributed by atoms with Crippen molar-refractivity contribution in [3.8, 4) is 0 Å². The van der Waals surface area contributed by atoms with Gasteiger partial charge in [-0.2, -0.15) is 0 Å². The first kappa shape index (κ1) is 13.3. The van der Waals surface area contributed by atoms with Gasteiger partial charge in [0.15, 0.2) is 9.84 Å². The van der Waals surface area contributed by atoms with Crippen LogP contribution in [0.15, 0.2) is 0 Å². The SMILES string of the molecule is CN(CC1(CN)CCCC1)C1CCS(=O)(=O)C1. The van der Waals surface area contributed by atoms with Gasteiger partial charge in [0.1, 0.15) is 0 Å². The van der Waals surface area contributed by atoms with Crippen molar-refractivity contribution in [1.29, 1.82) is 0 Å². The summed E-state index contributed by atoms with van der Waals surface area (Å²) in [7, 11) is -0.717. The summed E-state index contributed by atoms with van der Waals surface area (Å²) in [6, 6.07) is 0.212. The first-order valence-electron chi connectivity index (χ1n) is 6.57. The number of hydrogen-bond acceptors (Lipinski definition) is 4. The summed E-state index contributed by atoms with van der Waals surface area (Å²) in [4.78, 5) is 2.24. The molecule has 1 saturated heterocycles. The van der Waals surface area contributed by atoms with Gasteiger partial charge in [-0.25, -0.2) is 8.42 Å². The summed E-state index contributed by atoms with van der Waals surface area (Å²) in [6.45, 7) is 1.69. The molecule has 1 unspecified atom stereocenters. The lowest BCUT2D eigenvalue weighted by molar-refractivity contribution is 0.152. The van der Waals surface area contributed by atoms with E-state index in [4.69, 9.17) is 5.73 Å². The maximum Gasteiger partial charge on any atom is 0.151 e. The predicted molar refractivity (Wildman–Crippen MR) is 69.6 cm³/mol. The van der Waals surface area contributed by atoms with Crippen LogP contribution >= 0.6 is 0 Å². The lowest BCUT2D eigenvalue weighted by Crippen LogP contribution is -2.44. The standard InChI is InChI=1S/C12H24N2O2S/c1-14(11-4-7-17(15,16)8-11)10-12(9-13)5-2-3-6-12/h11H,2-10,13H2,1H3. The molecule has 0 amide bonds. The van der Waals surface area contributed by atoms with Crippen molar-refractivity contribution >= 4 is 9.84 Å². The van der Waals surface area contributed by atoms with Gasteiger partial charge in [0.25, 0.3) is 0 Å². The van der Waals surface area contributed by atoms with Crippen molar-refractivity contribution in [2.24, 2.45) is 11.1 Å². The summed E-state index contributed by atoms with van der Waals surface area (Å²) in [6.07, 6.45) is 5.74. The van der Waals surface area contributed by atoms with E-state index in [0.717, 1.165) is 19.5 Å². The van der Waals surface area contributed by atoms with Gasteiger partial charge >= 0.3 is 0 Å². The summed E-state index contributed by atoms with van der Waals surface area (Å²) in [5.41, 5.74) is 6.18. The number of hydrogen-bond donors (Lipinski definition) is 1. The van der Waals surface area contributed by atoms with Crippen LogP contribution in [-0.4, -0.2) is 51.0 Å². The molecule has 0 spiro atoms. The second kappa shape index (κ2) is 4.86. The molecular weight excluding hydrogens is 236 g/mol. The number of nitrogens with two attached hydrogens (primary N) is 1. The molecule has 2 fully saturated rings. The van der Waals surface area contributed by atoms with Crippen molar-refractivity contribution in [1.82, 2.24) is 4.90 Å². The largest absolute Gasteiger partial charge is 0.330 e. The molecule has 0 aromatic rings. The van der Waals surface area contributed by atoms with Crippen molar-refractivity contribution in [2.75, 3.05) is 31.6 Å². The third-order valence-corrected chi connectivity index (χ3v) is 6.26. The van der Waals surface area contributed by atoms with Crippen LogP contribution in [0, 0.1) is 5.41 Å². The minimum absolute atomic E-state index is 0.212. The minimum Gasteiger partial charge on any atom is -0.330 e. The van der Waals surface area contributed by atoms with E-state index >= 15 is 0 Å². The Kier molecular flexibility index (Phi) is 3.80. The van der Waals surface area contributed by atoms with Gasteiger partial charge in [0, 0.05) is 12.6 Å². The fraction of sp³-hybridized carbons (Fsp3) is 1.00. The van der Waals surface area contributed by atoms with Gasteiger partial charge in [-0.1, -0.05) is 12.8 Å². The zero-order valence-electron chi connectivity index (χ0n) is 10.7. The molecule has 2 rings (SSSR count). The van der Waals surface area contributed by atoms with E-state index in [1.807, 2.05) is 0 Å². The maximum absolute atomic E-state index is 11.5. The monoisotopic (exact) mass is 260 g/mol. The van der Waals surface area contributed by atoms with Crippen LogP contribution in [-0.2, 0) is 9.84 Å². The second-order valence-electron chi connectivity index (χ2n) is 5.88. The number of rotatable bonds is 4. The van der Waals surface area contributed by atoms with Crippen LogP contribution in [0.3, 0.4) is 0 Å². The molecule has 100 valence electrons. The molecule has 2 N–H and O–H groups in total. The van der Waals surface area contributed by atoms with E-state index in [0.29, 0.717) is 11.5 Å². The predicted octanol–water partition coefficient (Wildman–Crippen LogP) is 0.624. The molecule has 1 atom stereocenters. The van der Waals surface area contributed by atoms with Crippen LogP contribution in [0.5, 0.6) is 0 Å². The third-order valence-electron chi connectivity index (χ3n) is 4.51. The minimum atomic E-state index is -2.77. The fourth-order valence-electron chi connectivity index (χ4n) is 3.33. The molecule has 0 bridgehead atoms. The zero-order valence-corrected chi connectivity index (χ0v) is 11.5. The van der Waals surface area contributed by atoms with Gasteiger partial charge in [-0.15, -0.1) is 0 Å². The summed E-state index contributed by atoms with van der Waals surface area (Å²) < 4.78 is 23.0. The normalized spacial score (nSPS) is 31.1. The lowest BCUT2D eigenvalue weighted by Gasteiger charge is -2.35. The fourth-order valence-corrected chi connectivity index (χ4v) is 5.14. The van der Waals surface area contributed by atoms with E-state index in [9.17, 15) is 8.42 Å². The Hall–Kier alpha value is -0.130. The van der Waals surface area contributed by atoms with Gasteiger partial charge in [0.05, 0.1) is 11.5 Å². The van der Waals surface area contributed by atoms with E-state index < -0.39 is 9.84 Å². The number of nitrogens with zero attached hydrogens (tertiary/aromatic N) is 1. The highest BCUT2D eigenvalue weighted by Gasteiger charge is 2.37. The van der Waals surface area contributed by atoms with E-state index in [-0.39, 0.29) is 11.5 Å². The highest BCUT2D eigenvalue weighted by atomic mass is 32.2. The Morgan fingerprint density at radius 2 is 2.00 bits per heavy atom. The quantitative estimate of drug-likeness (QED) is 0.805. The van der Waals surface area contributed by atoms with Gasteiger partial charge in [-0.05, 0) is 38.3 Å². The Morgan fingerprint density at radius 3 is 2.47 bits per heavy atom. The van der Waals surface area contributed by atoms with Crippen molar-refractivity contribution in [3.63, 3.8) is 0 Å². The van der Waals surface area contributed by atoms with Crippen molar-refractivity contribution in [2.45, 2.75) is 38.1 Å². The summed E-state index contributed by atoms with van der Waals surface area (Å²) in [5.74, 6) is 0.696. The molecule has 1 aliphatic carbocycles. The van der Waals surface area contributed by atoms with Crippen LogP contribution in [0.1, 0.15) is 32.1 Å². The molecule has 2 aliphatic rings. The Balaban J connectivity index is 1.95. The molecule has 1 aliphatic heterocycles. The highest BCUT2D eigenvalue weighted by Crippen LogP contribution is 2.38. The molecule has 5 heteroatoms. The first-order valence-corrected chi connectivity index (χ1v) is 8.39. The number of sulfone groups is 1. The average Bonchev–Trinajstić information content (AvgIpc) is 2.86. The van der Waals surface area contributed by atoms with Crippen LogP contribution in [0.2, 0.25) is 0 Å². The van der Waals surface area contributed by atoms with Crippen LogP contribution < -0.4 is 5.73 Å². The van der Waals surface area contributed by atoms with E-state index in [1.165, 1.54) is 25.7 Å². The van der Waals surface area contributed by atoms with E-state index in [1.54, 1.807) is 0 Å². The summed E-state index contributed by atoms with van der Waals surface area (Å²) in [5, 5.41) is 0. The smallest absolute Gasteiger partial charge is 0.151 e. The molecule has 0 radical (unpaired) electrons. The molecule has 17 heavy (non-hydrogen) atoms. The molecule has 0 aromatic heterocycles. The molecular formula is C12H24N2O2S. The van der Waals surface area contributed by atoms with Gasteiger partial charge in [-0.3, -0.25) is 0 Å².